The quantitative estimate of drug-likeness (QED) is 0.212. The van der Waals surface area contributed by atoms with Crippen LogP contribution in [0.1, 0.15) is 36.4 Å². The van der Waals surface area contributed by atoms with E-state index in [0.717, 1.165) is 25.2 Å². The normalized spacial score (nSPS) is 14.0. The number of likely N-dealkylation sites (N-methyl/N-ethyl adjacent to an activating group) is 1. The molecule has 2 amide bonds. The molecule has 1 aliphatic rings. The van der Waals surface area contributed by atoms with Crippen LogP contribution in [-0.4, -0.2) is 48.1 Å². The van der Waals surface area contributed by atoms with Gasteiger partial charge in [0.05, 0.1) is 17.0 Å². The fourth-order valence-electron chi connectivity index (χ4n) is 4.62. The lowest BCUT2D eigenvalue weighted by molar-refractivity contribution is -0.137. The van der Waals surface area contributed by atoms with Gasteiger partial charge in [-0.15, -0.1) is 0 Å². The van der Waals surface area contributed by atoms with Gasteiger partial charge in [-0.3, -0.25) is 10.1 Å². The third kappa shape index (κ3) is 5.71. The molecule has 0 saturated heterocycles. The van der Waals surface area contributed by atoms with Gasteiger partial charge in [0, 0.05) is 29.1 Å². The third-order valence-electron chi connectivity index (χ3n) is 6.62. The molecule has 0 atom stereocenters. The van der Waals surface area contributed by atoms with E-state index in [1.807, 2.05) is 18.7 Å². The molecule has 3 aromatic rings. The van der Waals surface area contributed by atoms with Crippen molar-refractivity contribution in [1.82, 2.24) is 9.88 Å². The number of amides is 2. The highest BCUT2D eigenvalue weighted by Gasteiger charge is 2.40. The number of nitrogens with one attached hydrogen (secondary N) is 3. The number of aryl methyl sites for hydroxylation is 1. The van der Waals surface area contributed by atoms with Gasteiger partial charge in [0.2, 0.25) is 0 Å². The van der Waals surface area contributed by atoms with Crippen LogP contribution in [0.5, 0.6) is 0 Å². The van der Waals surface area contributed by atoms with Crippen LogP contribution < -0.4 is 10.6 Å². The zero-order valence-electron chi connectivity index (χ0n) is 21.9. The van der Waals surface area contributed by atoms with Crippen molar-refractivity contribution in [3.05, 3.63) is 70.5 Å². The van der Waals surface area contributed by atoms with Crippen LogP contribution in [0.4, 0.5) is 38.1 Å². The SMILES string of the molecule is CCN(CC)CCOC(=O)Nc1c(C)[nH]c(/C=C2\C(=O)Nc3cccc(-c4cccc(F)c4F)c32)c1C(F)(F)F. The minimum absolute atomic E-state index is 0.0222. The lowest BCUT2D eigenvalue weighted by atomic mass is 9.93. The van der Waals surface area contributed by atoms with Crippen LogP contribution in [0.15, 0.2) is 36.4 Å². The zero-order valence-corrected chi connectivity index (χ0v) is 21.9. The zero-order chi connectivity index (χ0) is 29.2. The molecule has 0 aliphatic carbocycles. The Morgan fingerprint density at radius 2 is 1.75 bits per heavy atom. The van der Waals surface area contributed by atoms with Gasteiger partial charge in [-0.25, -0.2) is 13.6 Å². The van der Waals surface area contributed by atoms with Gasteiger partial charge in [-0.1, -0.05) is 38.1 Å². The lowest BCUT2D eigenvalue weighted by Crippen LogP contribution is -2.29. The average Bonchev–Trinajstić information content (AvgIpc) is 3.38. The van der Waals surface area contributed by atoms with Gasteiger partial charge in [0.1, 0.15) is 12.2 Å². The molecule has 40 heavy (non-hydrogen) atoms. The predicted molar refractivity (Wildman–Crippen MR) is 142 cm³/mol. The van der Waals surface area contributed by atoms with Crippen molar-refractivity contribution < 1.29 is 36.3 Å². The maximum atomic E-state index is 14.7. The van der Waals surface area contributed by atoms with E-state index in [4.69, 9.17) is 4.74 Å². The fourth-order valence-corrected chi connectivity index (χ4v) is 4.62. The molecule has 212 valence electrons. The van der Waals surface area contributed by atoms with Crippen molar-refractivity contribution in [2.24, 2.45) is 0 Å². The number of H-pyrrole nitrogens is 1. The summed E-state index contributed by atoms with van der Waals surface area (Å²) >= 11 is 0. The average molecular weight is 563 g/mol. The Balaban J connectivity index is 1.74. The van der Waals surface area contributed by atoms with Gasteiger partial charge in [-0.2, -0.15) is 13.2 Å². The van der Waals surface area contributed by atoms with E-state index in [0.29, 0.717) is 6.54 Å². The van der Waals surface area contributed by atoms with Crippen molar-refractivity contribution in [2.75, 3.05) is 36.9 Å². The monoisotopic (exact) mass is 562 g/mol. The second-order valence-corrected chi connectivity index (χ2v) is 9.04. The number of aromatic nitrogens is 1. The van der Waals surface area contributed by atoms with Gasteiger partial charge < -0.3 is 19.9 Å². The first kappa shape index (κ1) is 28.8. The predicted octanol–water partition coefficient (Wildman–Crippen LogP) is 6.67. The molecular formula is C28H27F5N4O3. The summed E-state index contributed by atoms with van der Waals surface area (Å²) in [6.07, 6.45) is -5.02. The largest absolute Gasteiger partial charge is 0.448 e. The van der Waals surface area contributed by atoms with Crippen LogP contribution in [0.3, 0.4) is 0 Å². The number of benzene rings is 2. The molecular weight excluding hydrogens is 535 g/mol. The number of anilines is 2. The third-order valence-corrected chi connectivity index (χ3v) is 6.62. The first-order valence-corrected chi connectivity index (χ1v) is 12.5. The van der Waals surface area contributed by atoms with Crippen LogP contribution in [0, 0.1) is 18.6 Å². The fraction of sp³-hybridized carbons (Fsp3) is 0.286. The van der Waals surface area contributed by atoms with Crippen molar-refractivity contribution in [2.45, 2.75) is 26.9 Å². The highest BCUT2D eigenvalue weighted by atomic mass is 19.4. The number of ether oxygens (including phenoxy) is 1. The van der Waals surface area contributed by atoms with E-state index in [1.165, 1.54) is 37.3 Å². The van der Waals surface area contributed by atoms with Crippen LogP contribution in [0.2, 0.25) is 0 Å². The number of rotatable bonds is 8. The molecule has 0 fully saturated rings. The molecule has 12 heteroatoms. The van der Waals surface area contributed by atoms with Gasteiger partial charge >= 0.3 is 12.3 Å². The van der Waals surface area contributed by atoms with E-state index in [1.54, 1.807) is 0 Å². The summed E-state index contributed by atoms with van der Waals surface area (Å²) in [5.74, 6) is -3.01. The number of carbonyl (C=O) groups excluding carboxylic acids is 2. The first-order chi connectivity index (χ1) is 19.0. The summed E-state index contributed by atoms with van der Waals surface area (Å²) in [5, 5.41) is 4.72. The number of hydrogen-bond acceptors (Lipinski definition) is 4. The Hall–Kier alpha value is -4.19. The molecule has 0 spiro atoms. The Bertz CT molecular complexity index is 1480. The Labute approximate surface area is 227 Å². The number of fused-ring (bicyclic) bond motifs is 1. The molecule has 1 aromatic heterocycles. The molecule has 2 heterocycles. The van der Waals surface area contributed by atoms with E-state index < -0.39 is 46.8 Å². The molecule has 0 radical (unpaired) electrons. The van der Waals surface area contributed by atoms with Gasteiger partial charge in [-0.05, 0) is 43.8 Å². The number of nitrogens with zero attached hydrogens (tertiary/aromatic N) is 1. The van der Waals surface area contributed by atoms with Crippen molar-refractivity contribution >= 4 is 35.0 Å². The highest BCUT2D eigenvalue weighted by molar-refractivity contribution is 6.36. The smallest absolute Gasteiger partial charge is 0.420 e. The molecule has 0 unspecified atom stereocenters. The van der Waals surface area contributed by atoms with Crippen molar-refractivity contribution in [3.63, 3.8) is 0 Å². The van der Waals surface area contributed by atoms with E-state index in [-0.39, 0.29) is 40.3 Å². The number of alkyl halides is 3. The Morgan fingerprint density at radius 3 is 2.42 bits per heavy atom. The molecule has 4 rings (SSSR count). The number of aromatic amines is 1. The van der Waals surface area contributed by atoms with E-state index in [9.17, 15) is 31.5 Å². The Kier molecular flexibility index (Phi) is 8.29. The minimum atomic E-state index is -4.94. The second-order valence-electron chi connectivity index (χ2n) is 9.04. The van der Waals surface area contributed by atoms with Crippen molar-refractivity contribution in [3.8, 4) is 11.1 Å². The molecule has 7 nitrogen and oxygen atoms in total. The maximum absolute atomic E-state index is 14.7. The topological polar surface area (TPSA) is 86.5 Å². The highest BCUT2D eigenvalue weighted by Crippen LogP contribution is 2.44. The van der Waals surface area contributed by atoms with Crippen LogP contribution in [0.25, 0.3) is 22.8 Å². The lowest BCUT2D eigenvalue weighted by Gasteiger charge is -2.18. The summed E-state index contributed by atoms with van der Waals surface area (Å²) < 4.78 is 76.6. The molecule has 0 saturated carbocycles. The van der Waals surface area contributed by atoms with Gasteiger partial charge in [0.15, 0.2) is 11.6 Å². The molecule has 0 bridgehead atoms. The number of halogens is 5. The second kappa shape index (κ2) is 11.5. The number of hydrogen-bond donors (Lipinski definition) is 3. The van der Waals surface area contributed by atoms with Crippen molar-refractivity contribution in [1.29, 1.82) is 0 Å². The summed E-state index contributed by atoms with van der Waals surface area (Å²) in [7, 11) is 0. The molecule has 1 aliphatic heterocycles. The maximum Gasteiger partial charge on any atom is 0.420 e. The van der Waals surface area contributed by atoms with Crippen LogP contribution in [-0.2, 0) is 15.7 Å². The Morgan fingerprint density at radius 1 is 1.07 bits per heavy atom. The summed E-state index contributed by atoms with van der Waals surface area (Å²) in [4.78, 5) is 29.8. The molecule has 2 aromatic carbocycles. The summed E-state index contributed by atoms with van der Waals surface area (Å²) in [6.45, 7) is 7.03. The summed E-state index contributed by atoms with van der Waals surface area (Å²) in [5.41, 5.74) is -2.19. The molecule has 3 N–H and O–H groups in total. The van der Waals surface area contributed by atoms with E-state index in [2.05, 4.69) is 15.6 Å². The summed E-state index contributed by atoms with van der Waals surface area (Å²) in [6, 6.07) is 7.98. The van der Waals surface area contributed by atoms with Gasteiger partial charge in [0.25, 0.3) is 5.91 Å². The number of carbonyl (C=O) groups is 2. The first-order valence-electron chi connectivity index (χ1n) is 12.5. The van der Waals surface area contributed by atoms with Crippen LogP contribution >= 0.6 is 0 Å². The standard InChI is InChI=1S/C28H27F5N4O3/c1-4-37(5-2)12-13-40-27(39)36-25-15(3)34-21(23(25)28(31,32)33)14-18-22-16(8-7-11-20(22)35-26(18)38)17-9-6-10-19(29)24(17)30/h6-11,14,34H,4-5,12-13H2,1-3H3,(H,35,38)(H,36,39)/b18-14-. The van der Waals surface area contributed by atoms with E-state index >= 15 is 0 Å². The minimum Gasteiger partial charge on any atom is -0.448 e.